The molecule has 0 amide bonds. The molecule has 0 unspecified atom stereocenters. The third-order valence-electron chi connectivity index (χ3n) is 2.04. The normalized spacial score (nSPS) is 10.5. The van der Waals surface area contributed by atoms with Crippen LogP contribution in [-0.4, -0.2) is 25.1 Å². The zero-order chi connectivity index (χ0) is 12.0. The SMILES string of the molecule is CCOc1ccccc1C(=O)COC(C)C. The van der Waals surface area contributed by atoms with E-state index in [9.17, 15) is 4.79 Å². The first-order chi connectivity index (χ1) is 7.65. The van der Waals surface area contributed by atoms with Crippen LogP contribution in [0.1, 0.15) is 31.1 Å². The molecule has 0 aliphatic heterocycles. The molecule has 0 saturated heterocycles. The third-order valence-corrected chi connectivity index (χ3v) is 2.04. The first kappa shape index (κ1) is 12.7. The van der Waals surface area contributed by atoms with Crippen molar-refractivity contribution in [2.24, 2.45) is 0 Å². The predicted molar refractivity (Wildman–Crippen MR) is 63.0 cm³/mol. The number of ketones is 1. The Morgan fingerprint density at radius 3 is 2.62 bits per heavy atom. The fraction of sp³-hybridized carbons (Fsp3) is 0.462. The standard InChI is InChI=1S/C13H18O3/c1-4-15-13-8-6-5-7-11(13)12(14)9-16-10(2)3/h5-8,10H,4,9H2,1-3H3. The molecule has 0 aliphatic carbocycles. The van der Waals surface area contributed by atoms with Crippen LogP contribution >= 0.6 is 0 Å². The minimum Gasteiger partial charge on any atom is -0.493 e. The largest absolute Gasteiger partial charge is 0.493 e. The smallest absolute Gasteiger partial charge is 0.192 e. The van der Waals surface area contributed by atoms with E-state index < -0.39 is 0 Å². The summed E-state index contributed by atoms with van der Waals surface area (Å²) in [4.78, 5) is 11.8. The van der Waals surface area contributed by atoms with Gasteiger partial charge in [-0.05, 0) is 32.9 Å². The molecule has 0 atom stereocenters. The summed E-state index contributed by atoms with van der Waals surface area (Å²) in [7, 11) is 0. The summed E-state index contributed by atoms with van der Waals surface area (Å²) in [6.45, 7) is 6.35. The lowest BCUT2D eigenvalue weighted by molar-refractivity contribution is 0.0582. The molecule has 3 heteroatoms. The Bertz CT molecular complexity index is 345. The highest BCUT2D eigenvalue weighted by atomic mass is 16.5. The van der Waals surface area contributed by atoms with E-state index in [1.54, 1.807) is 12.1 Å². The number of ether oxygens (including phenoxy) is 2. The van der Waals surface area contributed by atoms with Crippen molar-refractivity contribution in [2.45, 2.75) is 26.9 Å². The molecular formula is C13H18O3. The van der Waals surface area contributed by atoms with Gasteiger partial charge in [0.25, 0.3) is 0 Å². The van der Waals surface area contributed by atoms with Crippen LogP contribution in [-0.2, 0) is 4.74 Å². The van der Waals surface area contributed by atoms with Crippen molar-refractivity contribution in [1.82, 2.24) is 0 Å². The van der Waals surface area contributed by atoms with Gasteiger partial charge in [-0.1, -0.05) is 12.1 Å². The topological polar surface area (TPSA) is 35.5 Å². The number of para-hydroxylation sites is 1. The van der Waals surface area contributed by atoms with Crippen molar-refractivity contribution in [3.05, 3.63) is 29.8 Å². The highest BCUT2D eigenvalue weighted by Crippen LogP contribution is 2.18. The van der Waals surface area contributed by atoms with E-state index in [-0.39, 0.29) is 18.5 Å². The lowest BCUT2D eigenvalue weighted by Crippen LogP contribution is -2.14. The molecule has 0 fully saturated rings. The molecule has 1 rings (SSSR count). The van der Waals surface area contributed by atoms with Crippen LogP contribution in [0.15, 0.2) is 24.3 Å². The van der Waals surface area contributed by atoms with Crippen LogP contribution < -0.4 is 4.74 Å². The summed E-state index contributed by atoms with van der Waals surface area (Å²) in [6, 6.07) is 7.24. The molecule has 1 aromatic rings. The summed E-state index contributed by atoms with van der Waals surface area (Å²) >= 11 is 0. The highest BCUT2D eigenvalue weighted by Gasteiger charge is 2.12. The summed E-state index contributed by atoms with van der Waals surface area (Å²) in [5, 5.41) is 0. The lowest BCUT2D eigenvalue weighted by atomic mass is 10.1. The lowest BCUT2D eigenvalue weighted by Gasteiger charge is -2.10. The maximum atomic E-state index is 11.8. The Morgan fingerprint density at radius 1 is 1.31 bits per heavy atom. The predicted octanol–water partition coefficient (Wildman–Crippen LogP) is 2.69. The van der Waals surface area contributed by atoms with Crippen molar-refractivity contribution in [2.75, 3.05) is 13.2 Å². The number of Topliss-reactive ketones (excluding diaryl/α,β-unsaturated/α-hetero) is 1. The molecule has 0 N–H and O–H groups in total. The van der Waals surface area contributed by atoms with Crippen LogP contribution in [0.5, 0.6) is 5.75 Å². The van der Waals surface area contributed by atoms with Crippen molar-refractivity contribution < 1.29 is 14.3 Å². The minimum atomic E-state index is -0.0437. The number of carbonyl (C=O) groups excluding carboxylic acids is 1. The van der Waals surface area contributed by atoms with Gasteiger partial charge in [-0.25, -0.2) is 0 Å². The molecule has 0 radical (unpaired) electrons. The molecule has 0 aromatic heterocycles. The van der Waals surface area contributed by atoms with Gasteiger partial charge in [0.1, 0.15) is 12.4 Å². The molecule has 0 bridgehead atoms. The summed E-state index contributed by atoms with van der Waals surface area (Å²) < 4.78 is 10.7. The van der Waals surface area contributed by atoms with Crippen molar-refractivity contribution >= 4 is 5.78 Å². The Morgan fingerprint density at radius 2 is 2.00 bits per heavy atom. The fourth-order valence-corrected chi connectivity index (χ4v) is 1.30. The van der Waals surface area contributed by atoms with Crippen LogP contribution in [0.4, 0.5) is 0 Å². The second kappa shape index (κ2) is 6.28. The summed E-state index contributed by atoms with van der Waals surface area (Å²) in [5.74, 6) is 0.583. The van der Waals surface area contributed by atoms with Gasteiger partial charge in [0, 0.05) is 0 Å². The number of hydrogen-bond donors (Lipinski definition) is 0. The van der Waals surface area contributed by atoms with Gasteiger partial charge in [-0.3, -0.25) is 4.79 Å². The molecule has 16 heavy (non-hydrogen) atoms. The molecule has 88 valence electrons. The van der Waals surface area contributed by atoms with E-state index >= 15 is 0 Å². The zero-order valence-corrected chi connectivity index (χ0v) is 10.0. The first-order valence-electron chi connectivity index (χ1n) is 5.51. The van der Waals surface area contributed by atoms with Gasteiger partial charge in [0.2, 0.25) is 0 Å². The molecule has 0 heterocycles. The van der Waals surface area contributed by atoms with Gasteiger partial charge in [0.15, 0.2) is 5.78 Å². The van der Waals surface area contributed by atoms with E-state index in [0.717, 1.165) is 0 Å². The average Bonchev–Trinajstić information content (AvgIpc) is 2.27. The quantitative estimate of drug-likeness (QED) is 0.694. The maximum absolute atomic E-state index is 11.8. The van der Waals surface area contributed by atoms with Crippen LogP contribution in [0.2, 0.25) is 0 Å². The second-order valence-corrected chi connectivity index (χ2v) is 3.71. The molecule has 0 spiro atoms. The Labute approximate surface area is 96.4 Å². The molecule has 1 aromatic carbocycles. The van der Waals surface area contributed by atoms with E-state index in [1.165, 1.54) is 0 Å². The zero-order valence-electron chi connectivity index (χ0n) is 10.0. The highest BCUT2D eigenvalue weighted by molar-refractivity contribution is 5.99. The maximum Gasteiger partial charge on any atom is 0.192 e. The minimum absolute atomic E-state index is 0.0437. The van der Waals surface area contributed by atoms with Crippen LogP contribution in [0.25, 0.3) is 0 Å². The second-order valence-electron chi connectivity index (χ2n) is 3.71. The van der Waals surface area contributed by atoms with E-state index in [1.807, 2.05) is 32.9 Å². The van der Waals surface area contributed by atoms with Crippen molar-refractivity contribution in [1.29, 1.82) is 0 Å². The first-order valence-corrected chi connectivity index (χ1v) is 5.51. The van der Waals surface area contributed by atoms with Gasteiger partial charge in [0.05, 0.1) is 18.3 Å². The van der Waals surface area contributed by atoms with Crippen molar-refractivity contribution in [3.8, 4) is 5.75 Å². The number of carbonyl (C=O) groups is 1. The number of benzene rings is 1. The summed E-state index contributed by atoms with van der Waals surface area (Å²) in [6.07, 6.45) is 0.0585. The fourth-order valence-electron chi connectivity index (χ4n) is 1.30. The molecule has 3 nitrogen and oxygen atoms in total. The van der Waals surface area contributed by atoms with Crippen LogP contribution in [0.3, 0.4) is 0 Å². The van der Waals surface area contributed by atoms with E-state index in [0.29, 0.717) is 17.9 Å². The number of hydrogen-bond acceptors (Lipinski definition) is 3. The Hall–Kier alpha value is -1.35. The van der Waals surface area contributed by atoms with Gasteiger partial charge < -0.3 is 9.47 Å². The van der Waals surface area contributed by atoms with Gasteiger partial charge in [-0.15, -0.1) is 0 Å². The van der Waals surface area contributed by atoms with E-state index in [2.05, 4.69) is 0 Å². The van der Waals surface area contributed by atoms with E-state index in [4.69, 9.17) is 9.47 Å². The van der Waals surface area contributed by atoms with Crippen LogP contribution in [0, 0.1) is 0 Å². The number of rotatable bonds is 6. The third kappa shape index (κ3) is 3.66. The van der Waals surface area contributed by atoms with Crippen molar-refractivity contribution in [3.63, 3.8) is 0 Å². The molecule has 0 aliphatic rings. The monoisotopic (exact) mass is 222 g/mol. The average molecular weight is 222 g/mol. The summed E-state index contributed by atoms with van der Waals surface area (Å²) in [5.41, 5.74) is 0.588. The van der Waals surface area contributed by atoms with Gasteiger partial charge in [-0.2, -0.15) is 0 Å². The Kier molecular flexibility index (Phi) is 4.99. The molecule has 0 saturated carbocycles. The molecular weight excluding hydrogens is 204 g/mol. The Balaban J connectivity index is 2.73. The van der Waals surface area contributed by atoms with Gasteiger partial charge >= 0.3 is 0 Å².